The second-order valence-electron chi connectivity index (χ2n) is 9.30. The fourth-order valence-corrected chi connectivity index (χ4v) is 5.76. The van der Waals surface area contributed by atoms with Crippen molar-refractivity contribution >= 4 is 52.7 Å². The number of aliphatic hydroxyl groups excluding tert-OH is 1. The highest BCUT2D eigenvalue weighted by Gasteiger charge is 2.32. The molecule has 0 aliphatic carbocycles. The number of nitrogens with two attached hydrogens (primary N) is 1. The summed E-state index contributed by atoms with van der Waals surface area (Å²) in [5, 5.41) is 22.5. The van der Waals surface area contributed by atoms with Crippen LogP contribution in [0, 0.1) is 32.6 Å². The molecule has 2 aromatic heterocycles. The molecule has 4 aromatic rings. The Balaban J connectivity index is 0.00000370. The zero-order valence-corrected chi connectivity index (χ0v) is 24.5. The SMILES string of the molecule is Cc1sc2c(c1C)C(c1ccc(Cl)cc1)=N[C@@H](CC(=O)Nc1cccc(C#CC(N)CO)c1)c1nnc(C)n1-2.Cl. The molecule has 0 saturated heterocycles. The van der Waals surface area contributed by atoms with Gasteiger partial charge in [-0.25, -0.2) is 0 Å². The Hall–Kier alpha value is -3.52. The van der Waals surface area contributed by atoms with E-state index in [1.807, 2.05) is 41.8 Å². The predicted molar refractivity (Wildman–Crippen MR) is 162 cm³/mol. The number of anilines is 1. The first-order chi connectivity index (χ1) is 18.7. The largest absolute Gasteiger partial charge is 0.394 e. The van der Waals surface area contributed by atoms with E-state index in [4.69, 9.17) is 27.4 Å². The molecular formula is C29H28Cl2N6O2S. The number of fused-ring (bicyclic) bond motifs is 3. The average molecular weight is 596 g/mol. The van der Waals surface area contributed by atoms with E-state index in [0.717, 1.165) is 33.2 Å². The number of hydrogen-bond acceptors (Lipinski definition) is 7. The third-order valence-corrected chi connectivity index (χ3v) is 7.93. The van der Waals surface area contributed by atoms with Gasteiger partial charge in [0.15, 0.2) is 5.82 Å². The first kappa shape index (κ1) is 29.5. The van der Waals surface area contributed by atoms with Crippen molar-refractivity contribution in [1.82, 2.24) is 14.8 Å². The maximum atomic E-state index is 13.3. The Morgan fingerprint density at radius 2 is 1.95 bits per heavy atom. The second kappa shape index (κ2) is 12.3. The summed E-state index contributed by atoms with van der Waals surface area (Å²) >= 11 is 7.85. The van der Waals surface area contributed by atoms with Gasteiger partial charge in [-0.05, 0) is 56.7 Å². The lowest BCUT2D eigenvalue weighted by atomic mass is 9.99. The number of aromatic nitrogens is 3. The lowest BCUT2D eigenvalue weighted by Crippen LogP contribution is -2.21. The van der Waals surface area contributed by atoms with Crippen molar-refractivity contribution < 1.29 is 9.90 Å². The van der Waals surface area contributed by atoms with Crippen molar-refractivity contribution in [3.05, 3.63) is 92.3 Å². The van der Waals surface area contributed by atoms with Crippen molar-refractivity contribution in [3.63, 3.8) is 0 Å². The number of aliphatic imine (C=N–C) groups is 1. The van der Waals surface area contributed by atoms with Gasteiger partial charge >= 0.3 is 0 Å². The van der Waals surface area contributed by atoms with Crippen molar-refractivity contribution in [2.45, 2.75) is 39.3 Å². The smallest absolute Gasteiger partial charge is 0.227 e. The first-order valence-corrected chi connectivity index (χ1v) is 13.6. The number of rotatable bonds is 5. The van der Waals surface area contributed by atoms with E-state index in [1.54, 1.807) is 29.5 Å². The van der Waals surface area contributed by atoms with Crippen LogP contribution in [0.4, 0.5) is 5.69 Å². The Morgan fingerprint density at radius 3 is 2.67 bits per heavy atom. The van der Waals surface area contributed by atoms with Crippen LogP contribution in [-0.2, 0) is 4.79 Å². The van der Waals surface area contributed by atoms with Crippen molar-refractivity contribution in [2.24, 2.45) is 10.7 Å². The molecule has 1 amide bonds. The number of amides is 1. The van der Waals surface area contributed by atoms with Crippen LogP contribution in [0.2, 0.25) is 5.02 Å². The van der Waals surface area contributed by atoms with Gasteiger partial charge in [0.25, 0.3) is 0 Å². The Kier molecular flexibility index (Phi) is 9.08. The van der Waals surface area contributed by atoms with Crippen LogP contribution in [0.1, 0.15) is 51.2 Å². The topological polar surface area (TPSA) is 118 Å². The third-order valence-electron chi connectivity index (χ3n) is 6.48. The molecule has 40 heavy (non-hydrogen) atoms. The molecule has 1 unspecified atom stereocenters. The molecule has 2 atom stereocenters. The van der Waals surface area contributed by atoms with E-state index >= 15 is 0 Å². The highest BCUT2D eigenvalue weighted by atomic mass is 35.5. The van der Waals surface area contributed by atoms with Gasteiger partial charge in [0.1, 0.15) is 16.9 Å². The Bertz CT molecular complexity index is 1650. The molecule has 2 aromatic carbocycles. The molecular weight excluding hydrogens is 567 g/mol. The summed E-state index contributed by atoms with van der Waals surface area (Å²) in [4.78, 5) is 19.6. The summed E-state index contributed by atoms with van der Waals surface area (Å²) in [6.45, 7) is 5.86. The van der Waals surface area contributed by atoms with Gasteiger partial charge in [-0.15, -0.1) is 33.9 Å². The minimum absolute atomic E-state index is 0. The number of carbonyl (C=O) groups is 1. The summed E-state index contributed by atoms with van der Waals surface area (Å²) in [6, 6.07) is 13.6. The number of carbonyl (C=O) groups excluding carboxylic acids is 1. The maximum absolute atomic E-state index is 13.3. The molecule has 0 radical (unpaired) electrons. The number of benzene rings is 2. The van der Waals surface area contributed by atoms with E-state index in [0.29, 0.717) is 22.1 Å². The zero-order valence-electron chi connectivity index (χ0n) is 22.1. The van der Waals surface area contributed by atoms with Crippen LogP contribution in [0.25, 0.3) is 5.00 Å². The van der Waals surface area contributed by atoms with Crippen LogP contribution in [0.3, 0.4) is 0 Å². The minimum Gasteiger partial charge on any atom is -0.394 e. The molecule has 206 valence electrons. The van der Waals surface area contributed by atoms with Gasteiger partial charge < -0.3 is 16.2 Å². The molecule has 0 bridgehead atoms. The quantitative estimate of drug-likeness (QED) is 0.283. The fourth-order valence-electron chi connectivity index (χ4n) is 4.42. The molecule has 5 rings (SSSR count). The van der Waals surface area contributed by atoms with E-state index < -0.39 is 12.1 Å². The van der Waals surface area contributed by atoms with Gasteiger partial charge in [-0.1, -0.05) is 41.6 Å². The van der Waals surface area contributed by atoms with Crippen LogP contribution in [0.15, 0.2) is 53.5 Å². The molecule has 3 heterocycles. The number of hydrogen-bond donors (Lipinski definition) is 3. The van der Waals surface area contributed by atoms with Gasteiger partial charge in [-0.2, -0.15) is 0 Å². The fraction of sp³-hybridized carbons (Fsp3) is 0.241. The molecule has 0 saturated carbocycles. The van der Waals surface area contributed by atoms with Crippen molar-refractivity contribution in [2.75, 3.05) is 11.9 Å². The molecule has 4 N–H and O–H groups in total. The highest BCUT2D eigenvalue weighted by Crippen LogP contribution is 2.39. The number of halogens is 2. The van der Waals surface area contributed by atoms with E-state index in [9.17, 15) is 4.79 Å². The molecule has 11 heteroatoms. The summed E-state index contributed by atoms with van der Waals surface area (Å²) < 4.78 is 2.02. The predicted octanol–water partition coefficient (Wildman–Crippen LogP) is 4.92. The summed E-state index contributed by atoms with van der Waals surface area (Å²) in [7, 11) is 0. The lowest BCUT2D eigenvalue weighted by Gasteiger charge is -2.13. The maximum Gasteiger partial charge on any atom is 0.227 e. The minimum atomic E-state index is -0.623. The van der Waals surface area contributed by atoms with Crippen LogP contribution >= 0.6 is 35.3 Å². The van der Waals surface area contributed by atoms with E-state index in [2.05, 4.69) is 41.2 Å². The van der Waals surface area contributed by atoms with Gasteiger partial charge in [-0.3, -0.25) is 14.4 Å². The number of nitrogens with one attached hydrogen (secondary N) is 1. The summed E-state index contributed by atoms with van der Waals surface area (Å²) in [5.41, 5.74) is 10.8. The van der Waals surface area contributed by atoms with E-state index in [-0.39, 0.29) is 31.3 Å². The molecule has 0 spiro atoms. The Morgan fingerprint density at radius 1 is 1.20 bits per heavy atom. The normalized spacial score (nSPS) is 14.4. The van der Waals surface area contributed by atoms with Gasteiger partial charge in [0.05, 0.1) is 24.8 Å². The number of thiophene rings is 1. The van der Waals surface area contributed by atoms with Crippen molar-refractivity contribution in [1.29, 1.82) is 0 Å². The first-order valence-electron chi connectivity index (χ1n) is 12.4. The highest BCUT2D eigenvalue weighted by molar-refractivity contribution is 7.15. The van der Waals surface area contributed by atoms with Crippen LogP contribution in [0.5, 0.6) is 0 Å². The Labute approximate surface area is 247 Å². The summed E-state index contributed by atoms with van der Waals surface area (Å²) in [5.74, 6) is 6.83. The lowest BCUT2D eigenvalue weighted by molar-refractivity contribution is -0.116. The number of nitrogens with zero attached hydrogens (tertiary/aromatic N) is 4. The average Bonchev–Trinajstić information content (AvgIpc) is 3.40. The van der Waals surface area contributed by atoms with Crippen molar-refractivity contribution in [3.8, 4) is 16.8 Å². The molecule has 8 nitrogen and oxygen atoms in total. The zero-order chi connectivity index (χ0) is 27.7. The monoisotopic (exact) mass is 594 g/mol. The van der Waals surface area contributed by atoms with Gasteiger partial charge in [0.2, 0.25) is 5.91 Å². The number of aliphatic hydroxyl groups is 1. The third kappa shape index (κ3) is 5.97. The molecule has 1 aliphatic heterocycles. The molecule has 1 aliphatic rings. The van der Waals surface area contributed by atoms with Crippen LogP contribution in [-0.4, -0.2) is 44.1 Å². The summed E-state index contributed by atoms with van der Waals surface area (Å²) in [6.07, 6.45) is 0.0630. The van der Waals surface area contributed by atoms with Gasteiger partial charge in [0, 0.05) is 32.3 Å². The van der Waals surface area contributed by atoms with Crippen LogP contribution < -0.4 is 11.1 Å². The standard InChI is InChI=1S/C29H27ClN6O2S.ClH/c1-16-17(2)39-29-26(16)27(20-8-10-21(30)11-9-20)33-24(28-35-34-18(3)36(28)29)14-25(38)32-23-6-4-5-19(13-23)7-12-22(31)15-37;/h4-6,8-11,13,22,24,37H,14-15,31H2,1-3H3,(H,32,38);1H/t22?,24-;/m0./s1. The van der Waals surface area contributed by atoms with E-state index in [1.165, 1.54) is 4.88 Å². The number of aryl methyl sites for hydroxylation is 2. The molecule has 0 fully saturated rings. The second-order valence-corrected chi connectivity index (χ2v) is 10.9.